The standard InChI is InChI=1S/C56H55NS/c1-53(2)24-25-54(3,4)48-31-39(21-23-44(48)53)57(38-20-22-41-40-16-10-11-17-43(40)55(5,6)47(41)30-38)50-33-49-52(32-42(50)35-14-8-7-9-15-35)58-51-19-13-12-18-45(51)56(49)37-27-34-26-36(29-37)46(56)28-34/h7-23,30-34,36-37,46H,24-29H2,1-6H3. The third-order valence-corrected chi connectivity index (χ3v) is 17.7. The van der Waals surface area contributed by atoms with Crippen molar-refractivity contribution < 1.29 is 0 Å². The first-order chi connectivity index (χ1) is 27.9. The molecule has 1 aliphatic heterocycles. The van der Waals surface area contributed by atoms with Crippen molar-refractivity contribution in [2.24, 2.45) is 23.7 Å². The minimum absolute atomic E-state index is 0.0634. The average molecular weight is 774 g/mol. The molecule has 4 fully saturated rings. The van der Waals surface area contributed by atoms with Crippen LogP contribution < -0.4 is 4.90 Å². The summed E-state index contributed by atoms with van der Waals surface area (Å²) in [5.41, 5.74) is 18.4. The molecule has 4 saturated carbocycles. The van der Waals surface area contributed by atoms with Gasteiger partial charge in [-0.05, 0) is 166 Å². The second-order valence-corrected chi connectivity index (χ2v) is 21.9. The quantitative estimate of drug-likeness (QED) is 0.176. The van der Waals surface area contributed by atoms with Gasteiger partial charge in [-0.15, -0.1) is 0 Å². The van der Waals surface area contributed by atoms with E-state index in [-0.39, 0.29) is 21.7 Å². The highest BCUT2D eigenvalue weighted by atomic mass is 32.2. The van der Waals surface area contributed by atoms with Crippen LogP contribution in [-0.4, -0.2) is 0 Å². The Kier molecular flexibility index (Phi) is 7.35. The topological polar surface area (TPSA) is 3.24 Å². The minimum atomic E-state index is -0.0971. The molecule has 13 rings (SSSR count). The van der Waals surface area contributed by atoms with Crippen LogP contribution in [0.15, 0.2) is 137 Å². The highest BCUT2D eigenvalue weighted by Crippen LogP contribution is 2.73. The van der Waals surface area contributed by atoms with Crippen molar-refractivity contribution in [2.75, 3.05) is 4.90 Å². The minimum Gasteiger partial charge on any atom is -0.310 e. The van der Waals surface area contributed by atoms with Gasteiger partial charge < -0.3 is 4.90 Å². The van der Waals surface area contributed by atoms with Crippen molar-refractivity contribution in [3.63, 3.8) is 0 Å². The summed E-state index contributed by atoms with van der Waals surface area (Å²) in [5, 5.41) is 0. The van der Waals surface area contributed by atoms with Crippen LogP contribution in [0.4, 0.5) is 17.1 Å². The zero-order valence-corrected chi connectivity index (χ0v) is 35.8. The molecule has 0 N–H and O–H groups in total. The van der Waals surface area contributed by atoms with E-state index < -0.39 is 0 Å². The predicted octanol–water partition coefficient (Wildman–Crippen LogP) is 15.3. The van der Waals surface area contributed by atoms with Crippen molar-refractivity contribution in [1.82, 2.24) is 0 Å². The fourth-order valence-electron chi connectivity index (χ4n) is 13.8. The van der Waals surface area contributed by atoms with E-state index in [1.165, 1.54) is 110 Å². The smallest absolute Gasteiger partial charge is 0.0543 e. The molecule has 0 radical (unpaired) electrons. The van der Waals surface area contributed by atoms with Crippen molar-refractivity contribution in [1.29, 1.82) is 0 Å². The van der Waals surface area contributed by atoms with E-state index in [1.807, 2.05) is 11.8 Å². The summed E-state index contributed by atoms with van der Waals surface area (Å²) in [7, 11) is 0. The van der Waals surface area contributed by atoms with Crippen LogP contribution in [0.1, 0.15) is 113 Å². The van der Waals surface area contributed by atoms with Gasteiger partial charge in [0.1, 0.15) is 0 Å². The summed E-state index contributed by atoms with van der Waals surface area (Å²) in [4.78, 5) is 5.63. The Morgan fingerprint density at radius 2 is 1.17 bits per heavy atom. The lowest BCUT2D eigenvalue weighted by Crippen LogP contribution is -2.44. The van der Waals surface area contributed by atoms with Crippen molar-refractivity contribution in [3.8, 4) is 22.3 Å². The lowest BCUT2D eigenvalue weighted by molar-refractivity contribution is 0.181. The van der Waals surface area contributed by atoms with Gasteiger partial charge in [-0.25, -0.2) is 0 Å². The van der Waals surface area contributed by atoms with Crippen LogP contribution in [0.3, 0.4) is 0 Å². The van der Waals surface area contributed by atoms with Crippen molar-refractivity contribution >= 4 is 28.8 Å². The van der Waals surface area contributed by atoms with Gasteiger partial charge in [0.25, 0.3) is 0 Å². The molecule has 290 valence electrons. The molecule has 6 aromatic carbocycles. The maximum atomic E-state index is 2.73. The highest BCUT2D eigenvalue weighted by molar-refractivity contribution is 7.99. The van der Waals surface area contributed by atoms with Crippen LogP contribution in [-0.2, 0) is 21.7 Å². The van der Waals surface area contributed by atoms with E-state index in [0.717, 1.165) is 11.8 Å². The molecule has 2 heteroatoms. The summed E-state index contributed by atoms with van der Waals surface area (Å²) in [6.07, 6.45) is 7.99. The van der Waals surface area contributed by atoms with E-state index in [0.29, 0.717) is 11.8 Å². The molecule has 0 aromatic heterocycles. The second kappa shape index (κ2) is 12.0. The van der Waals surface area contributed by atoms with Gasteiger partial charge in [0.2, 0.25) is 0 Å². The van der Waals surface area contributed by atoms with E-state index in [9.17, 15) is 0 Å². The van der Waals surface area contributed by atoms with Gasteiger partial charge in [0.05, 0.1) is 5.69 Å². The van der Waals surface area contributed by atoms with E-state index in [1.54, 1.807) is 11.1 Å². The summed E-state index contributed by atoms with van der Waals surface area (Å²) >= 11 is 2.03. The molecule has 7 aliphatic rings. The van der Waals surface area contributed by atoms with E-state index in [2.05, 4.69) is 174 Å². The molecule has 1 spiro atoms. The average Bonchev–Trinajstić information content (AvgIpc) is 3.74. The Labute approximate surface area is 350 Å². The maximum Gasteiger partial charge on any atom is 0.0543 e. The third kappa shape index (κ3) is 4.73. The molecule has 1 nitrogen and oxygen atoms in total. The van der Waals surface area contributed by atoms with Crippen LogP contribution in [0.5, 0.6) is 0 Å². The molecule has 4 bridgehead atoms. The Morgan fingerprint density at radius 1 is 0.500 bits per heavy atom. The zero-order chi connectivity index (χ0) is 39.3. The molecular weight excluding hydrogens is 719 g/mol. The number of rotatable bonds is 4. The number of anilines is 3. The Balaban J connectivity index is 1.16. The van der Waals surface area contributed by atoms with Crippen LogP contribution >= 0.6 is 11.8 Å². The fourth-order valence-corrected chi connectivity index (χ4v) is 15.0. The number of hydrogen-bond donors (Lipinski definition) is 0. The van der Waals surface area contributed by atoms with Crippen LogP contribution in [0.2, 0.25) is 0 Å². The third-order valence-electron chi connectivity index (χ3n) is 16.6. The van der Waals surface area contributed by atoms with Crippen LogP contribution in [0.25, 0.3) is 22.3 Å². The highest BCUT2D eigenvalue weighted by Gasteiger charge is 2.65. The van der Waals surface area contributed by atoms with Gasteiger partial charge in [-0.1, -0.05) is 138 Å². The molecule has 5 atom stereocenters. The predicted molar refractivity (Wildman–Crippen MR) is 243 cm³/mol. The van der Waals surface area contributed by atoms with Gasteiger partial charge in [0, 0.05) is 37.6 Å². The number of benzene rings is 6. The molecular formula is C56H55NS. The largest absolute Gasteiger partial charge is 0.310 e. The fraction of sp³-hybridized carbons (Fsp3) is 0.357. The number of fused-ring (bicyclic) bond motifs is 6. The van der Waals surface area contributed by atoms with E-state index in [4.69, 9.17) is 0 Å². The lowest BCUT2D eigenvalue weighted by Gasteiger charge is -2.49. The summed E-state index contributed by atoms with van der Waals surface area (Å²) in [5.74, 6) is 3.16. The number of hydrogen-bond acceptors (Lipinski definition) is 2. The van der Waals surface area contributed by atoms with Crippen LogP contribution in [0, 0.1) is 23.7 Å². The molecule has 0 saturated heterocycles. The zero-order valence-electron chi connectivity index (χ0n) is 35.0. The van der Waals surface area contributed by atoms with Gasteiger partial charge >= 0.3 is 0 Å². The summed E-state index contributed by atoms with van der Waals surface area (Å²) < 4.78 is 0. The summed E-state index contributed by atoms with van der Waals surface area (Å²) in [6, 6.07) is 50.2. The van der Waals surface area contributed by atoms with Crippen molar-refractivity contribution in [2.45, 2.75) is 112 Å². The molecule has 6 aromatic rings. The SMILES string of the molecule is CC1(C)CCC(C)(C)c2cc(N(c3ccc4c(c3)C(C)(C)c3ccccc3-4)c3cc4c(cc3-c3ccccc3)Sc3ccccc3C43C4CC5CC(C4)C3C5)ccc21. The van der Waals surface area contributed by atoms with Gasteiger partial charge in [-0.3, -0.25) is 0 Å². The first-order valence-corrected chi connectivity index (χ1v) is 23.0. The Morgan fingerprint density at radius 3 is 1.97 bits per heavy atom. The van der Waals surface area contributed by atoms with Crippen molar-refractivity contribution in [3.05, 3.63) is 161 Å². The monoisotopic (exact) mass is 773 g/mol. The Bertz CT molecular complexity index is 2680. The maximum absolute atomic E-state index is 2.73. The molecule has 58 heavy (non-hydrogen) atoms. The molecule has 5 unspecified atom stereocenters. The molecule has 6 aliphatic carbocycles. The first kappa shape index (κ1) is 35.4. The second-order valence-electron chi connectivity index (χ2n) is 20.8. The Hall–Kier alpha value is -4.53. The van der Waals surface area contributed by atoms with Gasteiger partial charge in [0.15, 0.2) is 0 Å². The van der Waals surface area contributed by atoms with E-state index >= 15 is 0 Å². The van der Waals surface area contributed by atoms with Gasteiger partial charge in [-0.2, -0.15) is 0 Å². The molecule has 0 amide bonds. The summed E-state index contributed by atoms with van der Waals surface area (Å²) in [6.45, 7) is 14.7. The normalized spacial score (nSPS) is 26.8. The number of nitrogens with zero attached hydrogens (tertiary/aromatic N) is 1. The lowest BCUT2D eigenvalue weighted by atomic mass is 9.57. The first-order valence-electron chi connectivity index (χ1n) is 22.2. The molecule has 1 heterocycles.